The normalized spacial score (nSPS) is 35.6. The van der Waals surface area contributed by atoms with Gasteiger partial charge in [-0.05, 0) is 75.7 Å². The van der Waals surface area contributed by atoms with E-state index in [1.54, 1.807) is 0 Å². The third-order valence-electron chi connectivity index (χ3n) is 4.87. The third-order valence-corrected chi connectivity index (χ3v) is 4.87. The third kappa shape index (κ3) is 2.78. The van der Waals surface area contributed by atoms with Crippen LogP contribution in [0.25, 0.3) is 0 Å². The first kappa shape index (κ1) is 11.0. The van der Waals surface area contributed by atoms with Crippen molar-refractivity contribution in [1.29, 1.82) is 0 Å². The topological polar surface area (TPSA) is 38.0 Å². The van der Waals surface area contributed by atoms with Crippen LogP contribution >= 0.6 is 0 Å². The molecular weight excluding hydrogens is 196 g/mol. The summed E-state index contributed by atoms with van der Waals surface area (Å²) >= 11 is 0. The van der Waals surface area contributed by atoms with Gasteiger partial charge in [0.05, 0.1) is 0 Å². The highest BCUT2D eigenvalue weighted by atomic mass is 14.9. The van der Waals surface area contributed by atoms with E-state index in [-0.39, 0.29) is 0 Å². The molecule has 0 heterocycles. The fourth-order valence-corrected chi connectivity index (χ4v) is 3.39. The van der Waals surface area contributed by atoms with Gasteiger partial charge < -0.3 is 11.1 Å². The standard InChI is InChI=1S/C14H26N2/c15-12-5-7-13(8-6-12)16-9-14(10-1-2-10)11-3-4-11/h10-14,16H,1-9,15H2. The Morgan fingerprint density at radius 3 is 1.94 bits per heavy atom. The Morgan fingerprint density at radius 2 is 1.44 bits per heavy atom. The second kappa shape index (κ2) is 4.66. The Kier molecular flexibility index (Phi) is 3.21. The van der Waals surface area contributed by atoms with E-state index < -0.39 is 0 Å². The number of rotatable bonds is 5. The molecule has 3 aliphatic carbocycles. The van der Waals surface area contributed by atoms with Gasteiger partial charge in [-0.3, -0.25) is 0 Å². The molecule has 3 fully saturated rings. The molecule has 3 aliphatic rings. The van der Waals surface area contributed by atoms with E-state index in [1.807, 2.05) is 0 Å². The Bertz CT molecular complexity index is 213. The van der Waals surface area contributed by atoms with Gasteiger partial charge in [0.1, 0.15) is 0 Å². The van der Waals surface area contributed by atoms with Crippen LogP contribution in [0.15, 0.2) is 0 Å². The highest BCUT2D eigenvalue weighted by Gasteiger charge is 2.41. The van der Waals surface area contributed by atoms with Crippen LogP contribution in [0.5, 0.6) is 0 Å². The fraction of sp³-hybridized carbons (Fsp3) is 1.00. The van der Waals surface area contributed by atoms with Crippen molar-refractivity contribution in [2.75, 3.05) is 6.54 Å². The first-order chi connectivity index (χ1) is 7.83. The zero-order valence-electron chi connectivity index (χ0n) is 10.3. The van der Waals surface area contributed by atoms with E-state index in [0.717, 1.165) is 23.8 Å². The van der Waals surface area contributed by atoms with Gasteiger partial charge in [0.25, 0.3) is 0 Å². The van der Waals surface area contributed by atoms with Crippen molar-refractivity contribution >= 4 is 0 Å². The zero-order chi connectivity index (χ0) is 11.0. The molecule has 0 unspecified atom stereocenters. The van der Waals surface area contributed by atoms with Crippen molar-refractivity contribution in [2.45, 2.75) is 63.5 Å². The summed E-state index contributed by atoms with van der Waals surface area (Å²) < 4.78 is 0. The van der Waals surface area contributed by atoms with E-state index in [0.29, 0.717) is 6.04 Å². The largest absolute Gasteiger partial charge is 0.328 e. The second-order valence-electron chi connectivity index (χ2n) is 6.36. The summed E-state index contributed by atoms with van der Waals surface area (Å²) in [5.74, 6) is 3.20. The molecule has 16 heavy (non-hydrogen) atoms. The van der Waals surface area contributed by atoms with Gasteiger partial charge in [-0.1, -0.05) is 0 Å². The Balaban J connectivity index is 1.41. The molecule has 0 amide bonds. The van der Waals surface area contributed by atoms with Crippen molar-refractivity contribution < 1.29 is 0 Å². The number of nitrogens with one attached hydrogen (secondary N) is 1. The molecule has 0 atom stereocenters. The number of hydrogen-bond donors (Lipinski definition) is 2. The molecule has 0 aromatic rings. The van der Waals surface area contributed by atoms with Crippen LogP contribution < -0.4 is 11.1 Å². The Morgan fingerprint density at radius 1 is 0.875 bits per heavy atom. The maximum atomic E-state index is 5.94. The maximum Gasteiger partial charge on any atom is 0.00683 e. The predicted octanol–water partition coefficient (Wildman–Crippen LogP) is 2.28. The minimum Gasteiger partial charge on any atom is -0.328 e. The van der Waals surface area contributed by atoms with E-state index in [2.05, 4.69) is 5.32 Å². The predicted molar refractivity (Wildman–Crippen MR) is 67.2 cm³/mol. The molecule has 2 heteroatoms. The zero-order valence-corrected chi connectivity index (χ0v) is 10.3. The number of nitrogens with two attached hydrogens (primary N) is 1. The van der Waals surface area contributed by atoms with Crippen molar-refractivity contribution in [3.8, 4) is 0 Å². The summed E-state index contributed by atoms with van der Waals surface area (Å²) in [6.45, 7) is 1.30. The quantitative estimate of drug-likeness (QED) is 0.749. The number of hydrogen-bond acceptors (Lipinski definition) is 2. The minimum atomic E-state index is 0.487. The van der Waals surface area contributed by atoms with Gasteiger partial charge in [0.15, 0.2) is 0 Å². The molecule has 92 valence electrons. The molecule has 0 saturated heterocycles. The van der Waals surface area contributed by atoms with Crippen molar-refractivity contribution in [2.24, 2.45) is 23.5 Å². The van der Waals surface area contributed by atoms with E-state index >= 15 is 0 Å². The van der Waals surface area contributed by atoms with Gasteiger partial charge in [0, 0.05) is 12.1 Å². The van der Waals surface area contributed by atoms with Gasteiger partial charge in [-0.15, -0.1) is 0 Å². The van der Waals surface area contributed by atoms with Crippen molar-refractivity contribution in [3.63, 3.8) is 0 Å². The summed E-state index contributed by atoms with van der Waals surface area (Å²) in [6.07, 6.45) is 11.1. The molecule has 0 aromatic carbocycles. The molecule has 0 aromatic heterocycles. The molecule has 0 aliphatic heterocycles. The SMILES string of the molecule is NC1CCC(NCC(C2CC2)C2CC2)CC1. The minimum absolute atomic E-state index is 0.487. The second-order valence-corrected chi connectivity index (χ2v) is 6.36. The van der Waals surface area contributed by atoms with Crippen LogP contribution in [-0.2, 0) is 0 Å². The molecule has 0 bridgehead atoms. The molecule has 0 radical (unpaired) electrons. The van der Waals surface area contributed by atoms with Crippen LogP contribution in [0.2, 0.25) is 0 Å². The summed E-state index contributed by atoms with van der Waals surface area (Å²) in [5.41, 5.74) is 5.94. The molecule has 0 spiro atoms. The van der Waals surface area contributed by atoms with Crippen LogP contribution in [-0.4, -0.2) is 18.6 Å². The average Bonchev–Trinajstić information content (AvgIpc) is 3.15. The van der Waals surface area contributed by atoms with Crippen LogP contribution in [0, 0.1) is 17.8 Å². The molecule has 3 saturated carbocycles. The molecule has 3 N–H and O–H groups in total. The van der Waals surface area contributed by atoms with Crippen LogP contribution in [0.1, 0.15) is 51.4 Å². The molecular formula is C14H26N2. The smallest absolute Gasteiger partial charge is 0.00683 e. The Labute approximate surface area is 99.4 Å². The first-order valence-electron chi connectivity index (χ1n) is 7.32. The lowest BCUT2D eigenvalue weighted by atomic mass is 9.90. The highest BCUT2D eigenvalue weighted by Crippen LogP contribution is 2.48. The monoisotopic (exact) mass is 222 g/mol. The molecule has 3 rings (SSSR count). The lowest BCUT2D eigenvalue weighted by molar-refractivity contribution is 0.300. The average molecular weight is 222 g/mol. The van der Waals surface area contributed by atoms with E-state index in [4.69, 9.17) is 5.73 Å². The fourth-order valence-electron chi connectivity index (χ4n) is 3.39. The van der Waals surface area contributed by atoms with Crippen LogP contribution in [0.3, 0.4) is 0 Å². The molecule has 2 nitrogen and oxygen atoms in total. The maximum absolute atomic E-state index is 5.94. The lowest BCUT2D eigenvalue weighted by Crippen LogP contribution is -2.40. The summed E-state index contributed by atoms with van der Waals surface area (Å²) in [5, 5.41) is 3.83. The summed E-state index contributed by atoms with van der Waals surface area (Å²) in [7, 11) is 0. The Hall–Kier alpha value is -0.0800. The van der Waals surface area contributed by atoms with Crippen LogP contribution in [0.4, 0.5) is 0 Å². The summed E-state index contributed by atoms with van der Waals surface area (Å²) in [6, 6.07) is 1.26. The van der Waals surface area contributed by atoms with Crippen molar-refractivity contribution in [1.82, 2.24) is 5.32 Å². The highest BCUT2D eigenvalue weighted by molar-refractivity contribution is 4.93. The summed E-state index contributed by atoms with van der Waals surface area (Å²) in [4.78, 5) is 0. The van der Waals surface area contributed by atoms with E-state index in [1.165, 1.54) is 57.9 Å². The van der Waals surface area contributed by atoms with Gasteiger partial charge in [-0.2, -0.15) is 0 Å². The van der Waals surface area contributed by atoms with E-state index in [9.17, 15) is 0 Å². The van der Waals surface area contributed by atoms with Gasteiger partial charge in [0.2, 0.25) is 0 Å². The van der Waals surface area contributed by atoms with Gasteiger partial charge in [-0.25, -0.2) is 0 Å². The lowest BCUT2D eigenvalue weighted by Gasteiger charge is -2.28. The van der Waals surface area contributed by atoms with Gasteiger partial charge >= 0.3 is 0 Å². The van der Waals surface area contributed by atoms with Crippen molar-refractivity contribution in [3.05, 3.63) is 0 Å². The first-order valence-corrected chi connectivity index (χ1v) is 7.32.